The van der Waals surface area contributed by atoms with E-state index in [1.807, 2.05) is 0 Å². The molecule has 2 aliphatic carbocycles. The Balaban J connectivity index is 1.73. The van der Waals surface area contributed by atoms with Gasteiger partial charge in [0.25, 0.3) is 5.91 Å². The Hall–Kier alpha value is -1.92. The van der Waals surface area contributed by atoms with E-state index in [0.717, 1.165) is 31.5 Å². The van der Waals surface area contributed by atoms with Gasteiger partial charge in [-0.3, -0.25) is 9.89 Å². The second-order valence-electron chi connectivity index (χ2n) is 5.37. The van der Waals surface area contributed by atoms with E-state index < -0.39 is 17.4 Å². The highest BCUT2D eigenvalue weighted by Gasteiger charge is 2.43. The first-order chi connectivity index (χ1) is 9.11. The van der Waals surface area contributed by atoms with Crippen molar-refractivity contribution in [2.75, 3.05) is 0 Å². The summed E-state index contributed by atoms with van der Waals surface area (Å²) in [7, 11) is 0. The largest absolute Gasteiger partial charge is 0.480 e. The van der Waals surface area contributed by atoms with Gasteiger partial charge in [-0.25, -0.2) is 9.78 Å². The molecule has 0 atom stereocenters. The van der Waals surface area contributed by atoms with Crippen LogP contribution in [0.3, 0.4) is 0 Å². The lowest BCUT2D eigenvalue weighted by Gasteiger charge is -2.24. The van der Waals surface area contributed by atoms with Crippen LogP contribution < -0.4 is 5.32 Å². The fourth-order valence-electron chi connectivity index (χ4n) is 2.56. The molecule has 0 bridgehead atoms. The van der Waals surface area contributed by atoms with E-state index in [9.17, 15) is 14.7 Å². The number of hydrogen-bond donors (Lipinski definition) is 3. The molecule has 0 saturated heterocycles. The summed E-state index contributed by atoms with van der Waals surface area (Å²) < 4.78 is 0. The van der Waals surface area contributed by atoms with Crippen molar-refractivity contribution in [3.05, 3.63) is 11.6 Å². The Morgan fingerprint density at radius 3 is 2.58 bits per heavy atom. The number of rotatable bonds is 4. The maximum Gasteiger partial charge on any atom is 0.329 e. The van der Waals surface area contributed by atoms with Gasteiger partial charge in [0.1, 0.15) is 11.4 Å². The molecule has 1 aromatic rings. The van der Waals surface area contributed by atoms with Crippen LogP contribution in [0.25, 0.3) is 0 Å². The molecule has 2 saturated carbocycles. The lowest BCUT2D eigenvalue weighted by atomic mass is 9.98. The minimum atomic E-state index is -1.14. The van der Waals surface area contributed by atoms with Crippen molar-refractivity contribution in [3.63, 3.8) is 0 Å². The first kappa shape index (κ1) is 12.1. The molecular formula is C12H16N4O3. The third kappa shape index (κ3) is 2.20. The van der Waals surface area contributed by atoms with E-state index in [-0.39, 0.29) is 5.82 Å². The summed E-state index contributed by atoms with van der Waals surface area (Å²) in [5.41, 5.74) is -1.14. The molecular weight excluding hydrogens is 248 g/mol. The summed E-state index contributed by atoms with van der Waals surface area (Å²) in [5.74, 6) is -0.340. The third-order valence-electron chi connectivity index (χ3n) is 3.89. The maximum absolute atomic E-state index is 12.0. The van der Waals surface area contributed by atoms with Crippen LogP contribution in [-0.2, 0) is 4.79 Å². The van der Waals surface area contributed by atoms with Crippen LogP contribution in [0.1, 0.15) is 60.9 Å². The first-order valence-corrected chi connectivity index (χ1v) is 6.59. The fourth-order valence-corrected chi connectivity index (χ4v) is 2.56. The number of carboxylic acid groups (broad SMARTS) is 1. The lowest BCUT2D eigenvalue weighted by Crippen LogP contribution is -2.52. The molecule has 2 aliphatic rings. The molecule has 102 valence electrons. The van der Waals surface area contributed by atoms with Crippen LogP contribution >= 0.6 is 0 Å². The summed E-state index contributed by atoms with van der Waals surface area (Å²) in [6.07, 6.45) is 4.69. The van der Waals surface area contributed by atoms with Crippen molar-refractivity contribution >= 4 is 11.9 Å². The zero-order valence-corrected chi connectivity index (χ0v) is 10.5. The molecule has 7 heteroatoms. The molecule has 2 fully saturated rings. The molecule has 0 spiro atoms. The number of carbonyl (C=O) groups is 2. The van der Waals surface area contributed by atoms with Gasteiger partial charge < -0.3 is 10.4 Å². The van der Waals surface area contributed by atoms with E-state index in [4.69, 9.17) is 0 Å². The quantitative estimate of drug-likeness (QED) is 0.745. The summed E-state index contributed by atoms with van der Waals surface area (Å²) >= 11 is 0. The van der Waals surface area contributed by atoms with Gasteiger partial charge in [-0.15, -0.1) is 5.10 Å². The second-order valence-corrected chi connectivity index (χ2v) is 5.37. The van der Waals surface area contributed by atoms with E-state index in [1.165, 1.54) is 0 Å². The van der Waals surface area contributed by atoms with Crippen LogP contribution in [0.15, 0.2) is 0 Å². The van der Waals surface area contributed by atoms with Gasteiger partial charge in [0.2, 0.25) is 5.82 Å². The van der Waals surface area contributed by atoms with E-state index in [2.05, 4.69) is 20.5 Å². The molecule has 0 unspecified atom stereocenters. The highest BCUT2D eigenvalue weighted by Crippen LogP contribution is 2.37. The number of amides is 1. The van der Waals surface area contributed by atoms with Gasteiger partial charge in [0.15, 0.2) is 0 Å². The molecule has 1 heterocycles. The number of aromatic amines is 1. The Labute approximate surface area is 109 Å². The van der Waals surface area contributed by atoms with Crippen molar-refractivity contribution in [1.29, 1.82) is 0 Å². The van der Waals surface area contributed by atoms with E-state index >= 15 is 0 Å². The minimum Gasteiger partial charge on any atom is -0.480 e. The molecule has 19 heavy (non-hydrogen) atoms. The Kier molecular flexibility index (Phi) is 2.76. The zero-order valence-electron chi connectivity index (χ0n) is 10.5. The number of carbonyl (C=O) groups excluding carboxylic acids is 1. The highest BCUT2D eigenvalue weighted by atomic mass is 16.4. The monoisotopic (exact) mass is 264 g/mol. The van der Waals surface area contributed by atoms with Crippen molar-refractivity contribution in [2.24, 2.45) is 0 Å². The molecule has 3 N–H and O–H groups in total. The van der Waals surface area contributed by atoms with Gasteiger partial charge in [-0.1, -0.05) is 12.8 Å². The molecule has 3 rings (SSSR count). The Morgan fingerprint density at radius 1 is 1.32 bits per heavy atom. The van der Waals surface area contributed by atoms with Gasteiger partial charge in [-0.2, -0.15) is 0 Å². The third-order valence-corrected chi connectivity index (χ3v) is 3.89. The topological polar surface area (TPSA) is 108 Å². The number of H-pyrrole nitrogens is 1. The lowest BCUT2D eigenvalue weighted by molar-refractivity contribution is -0.144. The number of nitrogens with zero attached hydrogens (tertiary/aromatic N) is 2. The Bertz CT molecular complexity index is 515. The summed E-state index contributed by atoms with van der Waals surface area (Å²) in [4.78, 5) is 27.5. The van der Waals surface area contributed by atoms with Crippen LogP contribution in [-0.4, -0.2) is 37.7 Å². The average molecular weight is 264 g/mol. The number of nitrogens with one attached hydrogen (secondary N) is 2. The van der Waals surface area contributed by atoms with Gasteiger partial charge >= 0.3 is 5.97 Å². The van der Waals surface area contributed by atoms with Crippen molar-refractivity contribution in [2.45, 2.75) is 50.0 Å². The highest BCUT2D eigenvalue weighted by molar-refractivity contribution is 5.95. The summed E-state index contributed by atoms with van der Waals surface area (Å²) in [5, 5.41) is 18.5. The second kappa shape index (κ2) is 4.32. The number of hydrogen-bond acceptors (Lipinski definition) is 4. The smallest absolute Gasteiger partial charge is 0.329 e. The molecule has 0 aromatic carbocycles. The zero-order chi connectivity index (χ0) is 13.5. The average Bonchev–Trinajstić information content (AvgIpc) is 2.93. The molecule has 0 aliphatic heterocycles. The number of aliphatic carboxylic acids is 1. The first-order valence-electron chi connectivity index (χ1n) is 6.59. The predicted octanol–water partition coefficient (Wildman–Crippen LogP) is 0.809. The molecule has 7 nitrogen and oxygen atoms in total. The van der Waals surface area contributed by atoms with Crippen LogP contribution in [0.4, 0.5) is 0 Å². The molecule has 1 aromatic heterocycles. The fraction of sp³-hybridized carbons (Fsp3) is 0.667. The minimum absolute atomic E-state index is 0.0365. The Morgan fingerprint density at radius 2 is 2.00 bits per heavy atom. The van der Waals surface area contributed by atoms with Crippen molar-refractivity contribution in [3.8, 4) is 0 Å². The van der Waals surface area contributed by atoms with Gasteiger partial charge in [0, 0.05) is 5.92 Å². The molecule has 1 amide bonds. The van der Waals surface area contributed by atoms with Crippen molar-refractivity contribution in [1.82, 2.24) is 20.5 Å². The van der Waals surface area contributed by atoms with E-state index in [1.54, 1.807) is 0 Å². The summed E-state index contributed by atoms with van der Waals surface area (Å²) in [6.45, 7) is 0. The van der Waals surface area contributed by atoms with Crippen LogP contribution in [0.5, 0.6) is 0 Å². The number of aromatic nitrogens is 3. The van der Waals surface area contributed by atoms with Gasteiger partial charge in [-0.05, 0) is 25.7 Å². The maximum atomic E-state index is 12.0. The van der Waals surface area contributed by atoms with Gasteiger partial charge in [0.05, 0.1) is 0 Å². The normalized spacial score (nSPS) is 21.3. The number of carboxylic acids is 1. The van der Waals surface area contributed by atoms with Crippen LogP contribution in [0, 0.1) is 0 Å². The summed E-state index contributed by atoms with van der Waals surface area (Å²) in [6, 6.07) is 0. The van der Waals surface area contributed by atoms with Crippen molar-refractivity contribution < 1.29 is 14.7 Å². The molecule has 0 radical (unpaired) electrons. The standard InChI is InChI=1S/C12H16N4O3/c17-10(9-13-8(15-16-9)7-3-4-7)14-12(11(18)19)5-1-2-6-12/h7H,1-6H2,(H,14,17)(H,18,19)(H,13,15,16). The predicted molar refractivity (Wildman–Crippen MR) is 64.7 cm³/mol. The SMILES string of the molecule is O=C(NC1(C(=O)O)CCCC1)c1n[nH]c(C2CC2)n1. The van der Waals surface area contributed by atoms with E-state index in [0.29, 0.717) is 18.8 Å². The van der Waals surface area contributed by atoms with Crippen LogP contribution in [0.2, 0.25) is 0 Å².